The number of nitrogens with one attached hydrogen (secondary N) is 1. The third-order valence-corrected chi connectivity index (χ3v) is 2.86. The van der Waals surface area contributed by atoms with E-state index in [0.29, 0.717) is 0 Å². The van der Waals surface area contributed by atoms with Gasteiger partial charge in [-0.15, -0.1) is 0 Å². The van der Waals surface area contributed by atoms with Gasteiger partial charge in [0.05, 0.1) is 0 Å². The third-order valence-electron chi connectivity index (χ3n) is 2.86. The summed E-state index contributed by atoms with van der Waals surface area (Å²) in [6, 6.07) is 3.94. The second-order valence-corrected chi connectivity index (χ2v) is 3.81. The van der Waals surface area contributed by atoms with Crippen molar-refractivity contribution in [3.05, 3.63) is 35.9 Å². The average molecular weight is 213 g/mol. The van der Waals surface area contributed by atoms with Gasteiger partial charge in [-0.25, -0.2) is 4.98 Å². The molecule has 0 atom stereocenters. The van der Waals surface area contributed by atoms with E-state index in [1.165, 1.54) is 0 Å². The maximum atomic E-state index is 5.18. The highest BCUT2D eigenvalue weighted by Gasteiger charge is 2.14. The smallest absolute Gasteiger partial charge is 0.137 e. The molecule has 0 aromatic carbocycles. The molecule has 0 bridgehead atoms. The van der Waals surface area contributed by atoms with E-state index in [9.17, 15) is 0 Å². The molecular formula is C12H11N3O. The first-order valence-corrected chi connectivity index (χ1v) is 5.12. The first-order chi connectivity index (χ1) is 7.77. The van der Waals surface area contributed by atoms with Gasteiger partial charge in [-0.1, -0.05) is 5.16 Å². The molecule has 0 amide bonds. The second-order valence-electron chi connectivity index (χ2n) is 3.81. The fourth-order valence-electron chi connectivity index (χ4n) is 1.82. The van der Waals surface area contributed by atoms with E-state index >= 15 is 0 Å². The minimum absolute atomic E-state index is 0.855. The van der Waals surface area contributed by atoms with Gasteiger partial charge >= 0.3 is 0 Å². The molecule has 80 valence electrons. The van der Waals surface area contributed by atoms with Crippen molar-refractivity contribution in [3.63, 3.8) is 0 Å². The Morgan fingerprint density at radius 2 is 2.19 bits per heavy atom. The summed E-state index contributed by atoms with van der Waals surface area (Å²) < 4.78 is 5.18. The lowest BCUT2D eigenvalue weighted by Gasteiger charge is -1.94. The van der Waals surface area contributed by atoms with Crippen LogP contribution in [0.3, 0.4) is 0 Å². The zero-order valence-corrected chi connectivity index (χ0v) is 9.11. The van der Waals surface area contributed by atoms with Crippen molar-refractivity contribution in [1.29, 1.82) is 0 Å². The molecule has 0 fully saturated rings. The van der Waals surface area contributed by atoms with Crippen molar-refractivity contribution in [2.75, 3.05) is 0 Å². The van der Waals surface area contributed by atoms with Crippen molar-refractivity contribution in [2.45, 2.75) is 13.8 Å². The van der Waals surface area contributed by atoms with Crippen LogP contribution in [0.5, 0.6) is 0 Å². The lowest BCUT2D eigenvalue weighted by Crippen LogP contribution is -1.79. The molecule has 3 aromatic heterocycles. The van der Waals surface area contributed by atoms with E-state index in [1.54, 1.807) is 6.20 Å². The summed E-state index contributed by atoms with van der Waals surface area (Å²) >= 11 is 0. The fourth-order valence-corrected chi connectivity index (χ4v) is 1.82. The fraction of sp³-hybridized carbons (Fsp3) is 0.167. The number of pyridine rings is 1. The molecular weight excluding hydrogens is 202 g/mol. The van der Waals surface area contributed by atoms with Crippen LogP contribution >= 0.6 is 0 Å². The molecule has 16 heavy (non-hydrogen) atoms. The number of H-pyrrole nitrogens is 1. The van der Waals surface area contributed by atoms with Crippen molar-refractivity contribution in [2.24, 2.45) is 0 Å². The van der Waals surface area contributed by atoms with E-state index in [-0.39, 0.29) is 0 Å². The summed E-state index contributed by atoms with van der Waals surface area (Å²) in [6.45, 7) is 3.93. The van der Waals surface area contributed by atoms with Crippen LogP contribution in [-0.4, -0.2) is 15.1 Å². The largest absolute Gasteiger partial charge is 0.361 e. The zero-order valence-electron chi connectivity index (χ0n) is 9.11. The molecule has 0 spiro atoms. The van der Waals surface area contributed by atoms with Crippen LogP contribution in [0.15, 0.2) is 29.0 Å². The molecule has 0 saturated heterocycles. The van der Waals surface area contributed by atoms with Crippen molar-refractivity contribution in [3.8, 4) is 11.3 Å². The van der Waals surface area contributed by atoms with Crippen LogP contribution in [0.25, 0.3) is 22.3 Å². The lowest BCUT2D eigenvalue weighted by atomic mass is 10.1. The Hall–Kier alpha value is -2.10. The molecule has 3 heterocycles. The Kier molecular flexibility index (Phi) is 1.83. The van der Waals surface area contributed by atoms with Gasteiger partial charge < -0.3 is 9.51 Å². The van der Waals surface area contributed by atoms with Crippen LogP contribution in [0.2, 0.25) is 0 Å². The van der Waals surface area contributed by atoms with Crippen molar-refractivity contribution < 1.29 is 4.52 Å². The molecule has 0 saturated carbocycles. The molecule has 0 unspecified atom stereocenters. The molecule has 0 aliphatic rings. The summed E-state index contributed by atoms with van der Waals surface area (Å²) in [5, 5.41) is 5.15. The lowest BCUT2D eigenvalue weighted by molar-refractivity contribution is 0.399. The van der Waals surface area contributed by atoms with Gasteiger partial charge in [-0.05, 0) is 26.0 Å². The van der Waals surface area contributed by atoms with Gasteiger partial charge in [0.25, 0.3) is 0 Å². The van der Waals surface area contributed by atoms with E-state index in [2.05, 4.69) is 15.1 Å². The third kappa shape index (κ3) is 1.16. The second kappa shape index (κ2) is 3.20. The number of hydrogen-bond acceptors (Lipinski definition) is 3. The summed E-state index contributed by atoms with van der Waals surface area (Å²) in [4.78, 5) is 7.38. The molecule has 0 aliphatic heterocycles. The Morgan fingerprint density at radius 1 is 1.31 bits per heavy atom. The van der Waals surface area contributed by atoms with Crippen LogP contribution in [0.1, 0.15) is 11.3 Å². The van der Waals surface area contributed by atoms with Crippen LogP contribution in [0.4, 0.5) is 0 Å². The first kappa shape index (κ1) is 9.15. The summed E-state index contributed by atoms with van der Waals surface area (Å²) in [5.41, 5.74) is 3.87. The highest BCUT2D eigenvalue weighted by Crippen LogP contribution is 2.29. The number of aromatic amines is 1. The quantitative estimate of drug-likeness (QED) is 0.676. The minimum Gasteiger partial charge on any atom is -0.361 e. The number of fused-ring (bicyclic) bond motifs is 1. The Bertz CT molecular complexity index is 651. The summed E-state index contributed by atoms with van der Waals surface area (Å²) in [7, 11) is 0. The normalized spacial score (nSPS) is 11.1. The molecule has 1 N–H and O–H groups in total. The van der Waals surface area contributed by atoms with Crippen molar-refractivity contribution in [1.82, 2.24) is 15.1 Å². The SMILES string of the molecule is Cc1onc(-c2c[nH]c3ncccc23)c1C. The van der Waals surface area contributed by atoms with Crippen molar-refractivity contribution >= 4 is 11.0 Å². The molecule has 0 radical (unpaired) electrons. The predicted octanol–water partition coefficient (Wildman–Crippen LogP) is 2.83. The number of nitrogens with zero attached hydrogens (tertiary/aromatic N) is 2. The van der Waals surface area contributed by atoms with Gasteiger partial charge in [-0.2, -0.15) is 0 Å². The van der Waals surface area contributed by atoms with Gasteiger partial charge in [-0.3, -0.25) is 0 Å². The Labute approximate surface area is 92.3 Å². The minimum atomic E-state index is 0.855. The van der Waals surface area contributed by atoms with Gasteiger partial charge in [0.2, 0.25) is 0 Å². The van der Waals surface area contributed by atoms with E-state index in [4.69, 9.17) is 4.52 Å². The van der Waals surface area contributed by atoms with Gasteiger partial charge in [0, 0.05) is 28.9 Å². The highest BCUT2D eigenvalue weighted by molar-refractivity contribution is 5.93. The van der Waals surface area contributed by atoms with E-state index in [0.717, 1.165) is 33.6 Å². The molecule has 3 rings (SSSR count). The van der Waals surface area contributed by atoms with E-state index < -0.39 is 0 Å². The maximum Gasteiger partial charge on any atom is 0.137 e. The van der Waals surface area contributed by atoms with Crippen LogP contribution < -0.4 is 0 Å². The average Bonchev–Trinajstić information content (AvgIpc) is 2.85. The molecule has 4 heteroatoms. The van der Waals surface area contributed by atoms with Gasteiger partial charge in [0.15, 0.2) is 0 Å². The van der Waals surface area contributed by atoms with E-state index in [1.807, 2.05) is 32.2 Å². The zero-order chi connectivity index (χ0) is 11.1. The maximum absolute atomic E-state index is 5.18. The standard InChI is InChI=1S/C12H11N3O/c1-7-8(2)16-15-11(7)10-6-14-12-9(10)4-3-5-13-12/h3-6H,1-2H3,(H,13,14). The Balaban J connectivity index is 2.30. The van der Waals surface area contributed by atoms with Crippen LogP contribution in [-0.2, 0) is 0 Å². The number of aryl methyl sites for hydroxylation is 1. The van der Waals surface area contributed by atoms with Gasteiger partial charge in [0.1, 0.15) is 17.1 Å². The monoisotopic (exact) mass is 213 g/mol. The molecule has 0 aliphatic carbocycles. The number of aromatic nitrogens is 3. The molecule has 4 nitrogen and oxygen atoms in total. The summed E-state index contributed by atoms with van der Waals surface area (Å²) in [5.74, 6) is 0.855. The van der Waals surface area contributed by atoms with Crippen LogP contribution in [0, 0.1) is 13.8 Å². The highest BCUT2D eigenvalue weighted by atomic mass is 16.5. The first-order valence-electron chi connectivity index (χ1n) is 5.12. The topological polar surface area (TPSA) is 54.7 Å². The summed E-state index contributed by atoms with van der Waals surface area (Å²) in [6.07, 6.45) is 3.69. The molecule has 3 aromatic rings. The number of rotatable bonds is 1. The predicted molar refractivity (Wildman–Crippen MR) is 61.1 cm³/mol. The Morgan fingerprint density at radius 3 is 2.94 bits per heavy atom. The number of hydrogen-bond donors (Lipinski definition) is 1.